The van der Waals surface area contributed by atoms with Crippen LogP contribution in [0.4, 0.5) is 0 Å². The normalized spacial score (nSPS) is 34.4. The van der Waals surface area contributed by atoms with Crippen LogP contribution in [0.15, 0.2) is 0 Å². The largest absolute Gasteiger partial charge is 0.344 e. The Bertz CT molecular complexity index is 110. The minimum absolute atomic E-state index is 1.02. The first-order valence-corrected chi connectivity index (χ1v) is 5.30. The molecule has 0 radical (unpaired) electrons. The summed E-state index contributed by atoms with van der Waals surface area (Å²) in [5.41, 5.74) is 0. The Balaban J connectivity index is 1.80. The zero-order valence-corrected chi connectivity index (χ0v) is 7.39. The highest BCUT2D eigenvalue weighted by Crippen LogP contribution is 2.30. The molecule has 1 saturated carbocycles. The highest BCUT2D eigenvalue weighted by molar-refractivity contribution is 4.77. The molecule has 2 fully saturated rings. The van der Waals surface area contributed by atoms with E-state index in [1.807, 2.05) is 0 Å². The van der Waals surface area contributed by atoms with Crippen LogP contribution in [-0.2, 0) is 0 Å². The molecule has 1 nitrogen and oxygen atoms in total. The Labute approximate surface area is 69.6 Å². The van der Waals surface area contributed by atoms with E-state index in [9.17, 15) is 0 Å². The summed E-state index contributed by atoms with van der Waals surface area (Å²) in [6.07, 6.45) is 10.5. The van der Waals surface area contributed by atoms with E-state index in [2.05, 4.69) is 5.32 Å². The molecule has 2 aliphatic rings. The van der Waals surface area contributed by atoms with Crippen LogP contribution in [0.5, 0.6) is 0 Å². The van der Waals surface area contributed by atoms with Crippen LogP contribution in [0.3, 0.4) is 0 Å². The lowest BCUT2D eigenvalue weighted by Crippen LogP contribution is -2.91. The van der Waals surface area contributed by atoms with Crippen molar-refractivity contribution in [1.82, 2.24) is 0 Å². The van der Waals surface area contributed by atoms with Crippen molar-refractivity contribution < 1.29 is 5.32 Å². The first-order valence-electron chi connectivity index (χ1n) is 5.30. The summed E-state index contributed by atoms with van der Waals surface area (Å²) in [6.45, 7) is 1.40. The number of rotatable bonds is 1. The van der Waals surface area contributed by atoms with Crippen molar-refractivity contribution in [3.63, 3.8) is 0 Å². The van der Waals surface area contributed by atoms with Gasteiger partial charge in [-0.05, 0) is 38.5 Å². The summed E-state index contributed by atoms with van der Waals surface area (Å²) in [7, 11) is 0. The zero-order valence-electron chi connectivity index (χ0n) is 7.39. The van der Waals surface area contributed by atoms with Gasteiger partial charge in [-0.25, -0.2) is 0 Å². The van der Waals surface area contributed by atoms with Gasteiger partial charge in [-0.3, -0.25) is 0 Å². The summed E-state index contributed by atoms with van der Waals surface area (Å²) in [4.78, 5) is 0. The van der Waals surface area contributed by atoms with Gasteiger partial charge in [0.25, 0.3) is 0 Å². The van der Waals surface area contributed by atoms with E-state index in [-0.39, 0.29) is 0 Å². The predicted molar refractivity (Wildman–Crippen MR) is 46.4 cm³/mol. The van der Waals surface area contributed by atoms with Gasteiger partial charge in [0, 0.05) is 5.92 Å². The zero-order chi connectivity index (χ0) is 7.52. The highest BCUT2D eigenvalue weighted by Gasteiger charge is 2.29. The number of hydrogen-bond donors (Lipinski definition) is 1. The van der Waals surface area contributed by atoms with Gasteiger partial charge in [-0.1, -0.05) is 6.42 Å². The third-order valence-electron chi connectivity index (χ3n) is 3.47. The minimum Gasteiger partial charge on any atom is -0.344 e. The van der Waals surface area contributed by atoms with E-state index >= 15 is 0 Å². The fourth-order valence-electron chi connectivity index (χ4n) is 2.45. The van der Waals surface area contributed by atoms with Gasteiger partial charge >= 0.3 is 0 Å². The molecule has 0 bridgehead atoms. The molecule has 64 valence electrons. The Hall–Kier alpha value is -0.0400. The molecule has 1 atom stereocenters. The maximum atomic E-state index is 2.62. The van der Waals surface area contributed by atoms with Crippen molar-refractivity contribution in [1.29, 1.82) is 0 Å². The maximum Gasteiger partial charge on any atom is 0.0887 e. The van der Waals surface area contributed by atoms with E-state index in [0.29, 0.717) is 0 Å². The molecule has 11 heavy (non-hydrogen) atoms. The first-order chi connectivity index (χ1) is 5.47. The molecular formula is C10H20N+. The molecule has 0 amide bonds. The van der Waals surface area contributed by atoms with Gasteiger partial charge in [0.15, 0.2) is 0 Å². The molecule has 1 saturated heterocycles. The quantitative estimate of drug-likeness (QED) is 0.586. The summed E-state index contributed by atoms with van der Waals surface area (Å²) in [5, 5.41) is 2.62. The van der Waals surface area contributed by atoms with E-state index in [4.69, 9.17) is 0 Å². The topological polar surface area (TPSA) is 16.6 Å². The van der Waals surface area contributed by atoms with Crippen molar-refractivity contribution in [2.45, 2.75) is 51.0 Å². The van der Waals surface area contributed by atoms with Crippen LogP contribution in [0.25, 0.3) is 0 Å². The summed E-state index contributed by atoms with van der Waals surface area (Å²) in [5.74, 6) is 1.10. The molecule has 2 rings (SSSR count). The van der Waals surface area contributed by atoms with Crippen LogP contribution in [-0.4, -0.2) is 12.6 Å². The van der Waals surface area contributed by atoms with Crippen LogP contribution in [0.2, 0.25) is 0 Å². The predicted octanol–water partition coefficient (Wildman–Crippen LogP) is 1.29. The summed E-state index contributed by atoms with van der Waals surface area (Å²) < 4.78 is 0. The smallest absolute Gasteiger partial charge is 0.0887 e. The Morgan fingerprint density at radius 3 is 2.45 bits per heavy atom. The van der Waals surface area contributed by atoms with Crippen molar-refractivity contribution in [2.24, 2.45) is 5.92 Å². The summed E-state index contributed by atoms with van der Waals surface area (Å²) >= 11 is 0. The monoisotopic (exact) mass is 154 g/mol. The standard InChI is InChI=1S/C10H19N/c1-2-7-10(11-8-3-1)9-5-4-6-9/h9-11H,1-8H2/p+1/t10-/m1/s1. The molecule has 1 heterocycles. The molecule has 1 aliphatic heterocycles. The van der Waals surface area contributed by atoms with Gasteiger partial charge in [-0.2, -0.15) is 0 Å². The third kappa shape index (κ3) is 1.76. The van der Waals surface area contributed by atoms with Crippen molar-refractivity contribution in [3.8, 4) is 0 Å². The molecule has 0 aromatic heterocycles. The van der Waals surface area contributed by atoms with Gasteiger partial charge < -0.3 is 5.32 Å². The lowest BCUT2D eigenvalue weighted by Gasteiger charge is -2.30. The van der Waals surface area contributed by atoms with Crippen LogP contribution in [0, 0.1) is 5.92 Å². The second-order valence-electron chi connectivity index (χ2n) is 4.23. The van der Waals surface area contributed by atoms with E-state index < -0.39 is 0 Å². The second-order valence-corrected chi connectivity index (χ2v) is 4.23. The lowest BCUT2D eigenvalue weighted by molar-refractivity contribution is -0.696. The Morgan fingerprint density at radius 1 is 0.818 bits per heavy atom. The van der Waals surface area contributed by atoms with Gasteiger partial charge in [0.1, 0.15) is 0 Å². The molecule has 0 aromatic rings. The van der Waals surface area contributed by atoms with Gasteiger partial charge in [0.05, 0.1) is 12.6 Å². The van der Waals surface area contributed by atoms with Gasteiger partial charge in [-0.15, -0.1) is 0 Å². The van der Waals surface area contributed by atoms with Crippen molar-refractivity contribution in [2.75, 3.05) is 6.54 Å². The second kappa shape index (κ2) is 3.57. The average Bonchev–Trinajstić information content (AvgIpc) is 2.12. The average molecular weight is 154 g/mol. The molecular weight excluding hydrogens is 134 g/mol. The van der Waals surface area contributed by atoms with Crippen molar-refractivity contribution >= 4 is 0 Å². The SMILES string of the molecule is C1CC[NH2+][C@@H](C2CCC2)CC1. The summed E-state index contributed by atoms with van der Waals surface area (Å²) in [6, 6.07) is 1.02. The molecule has 0 aromatic carbocycles. The number of nitrogens with two attached hydrogens (primary N) is 1. The van der Waals surface area contributed by atoms with E-state index in [0.717, 1.165) is 12.0 Å². The highest BCUT2D eigenvalue weighted by atomic mass is 14.9. The van der Waals surface area contributed by atoms with Crippen LogP contribution < -0.4 is 5.32 Å². The maximum absolute atomic E-state index is 2.62. The molecule has 1 aliphatic carbocycles. The minimum atomic E-state index is 1.02. The van der Waals surface area contributed by atoms with Crippen LogP contribution >= 0.6 is 0 Å². The molecule has 1 heteroatoms. The third-order valence-corrected chi connectivity index (χ3v) is 3.47. The van der Waals surface area contributed by atoms with E-state index in [1.54, 1.807) is 0 Å². The number of quaternary nitrogens is 1. The fourth-order valence-corrected chi connectivity index (χ4v) is 2.45. The van der Waals surface area contributed by atoms with E-state index in [1.165, 1.54) is 51.5 Å². The first kappa shape index (κ1) is 7.60. The Kier molecular flexibility index (Phi) is 2.47. The Morgan fingerprint density at radius 2 is 1.73 bits per heavy atom. The van der Waals surface area contributed by atoms with Crippen LogP contribution in [0.1, 0.15) is 44.9 Å². The molecule has 2 N–H and O–H groups in total. The van der Waals surface area contributed by atoms with Crippen molar-refractivity contribution in [3.05, 3.63) is 0 Å². The molecule has 0 unspecified atom stereocenters. The number of hydrogen-bond acceptors (Lipinski definition) is 0. The lowest BCUT2D eigenvalue weighted by atomic mass is 9.78. The van der Waals surface area contributed by atoms with Gasteiger partial charge in [0.2, 0.25) is 0 Å². The molecule has 0 spiro atoms. The fraction of sp³-hybridized carbons (Fsp3) is 1.00.